The van der Waals surface area contributed by atoms with E-state index in [-0.39, 0.29) is 24.2 Å². The molecule has 2 atom stereocenters. The lowest BCUT2D eigenvalue weighted by molar-refractivity contribution is -0.136. The number of amides is 3. The lowest BCUT2D eigenvalue weighted by Gasteiger charge is -2.29. The number of hydrogen-bond acceptors (Lipinski definition) is 8. The quantitative estimate of drug-likeness (QED) is 0.609. The number of carbonyl (C=O) groups excluding carboxylic acids is 3. The molecule has 3 aliphatic heterocycles. The average molecular weight is 410 g/mol. The molecular formula is C20H22N6O4. The first-order valence-corrected chi connectivity index (χ1v) is 10.1. The highest BCUT2D eigenvalue weighted by Gasteiger charge is 2.39. The topological polar surface area (TPSA) is 129 Å². The summed E-state index contributed by atoms with van der Waals surface area (Å²) in [6, 6.07) is 5.35. The summed E-state index contributed by atoms with van der Waals surface area (Å²) in [5, 5.41) is 16.9. The molecule has 0 spiro atoms. The summed E-state index contributed by atoms with van der Waals surface area (Å²) in [4.78, 5) is 38.3. The predicted molar refractivity (Wildman–Crippen MR) is 104 cm³/mol. The van der Waals surface area contributed by atoms with E-state index in [4.69, 9.17) is 4.42 Å². The van der Waals surface area contributed by atoms with Crippen LogP contribution in [0.3, 0.4) is 0 Å². The fourth-order valence-corrected chi connectivity index (χ4v) is 4.34. The number of benzene rings is 1. The molecule has 2 unspecified atom stereocenters. The van der Waals surface area contributed by atoms with Crippen molar-refractivity contribution < 1.29 is 18.8 Å². The van der Waals surface area contributed by atoms with E-state index >= 15 is 0 Å². The smallest absolute Gasteiger partial charge is 0.315 e. The van der Waals surface area contributed by atoms with Crippen LogP contribution in [0.15, 0.2) is 22.6 Å². The van der Waals surface area contributed by atoms with Gasteiger partial charge in [-0.25, -0.2) is 0 Å². The molecule has 3 amide bonds. The molecule has 0 bridgehead atoms. The minimum atomic E-state index is -0.623. The molecule has 1 aromatic heterocycles. The minimum absolute atomic E-state index is 0.194. The zero-order chi connectivity index (χ0) is 20.7. The summed E-state index contributed by atoms with van der Waals surface area (Å²) in [5.74, 6) is -0.0526. The Morgan fingerprint density at radius 3 is 2.90 bits per heavy atom. The monoisotopic (exact) mass is 410 g/mol. The third-order valence-electron chi connectivity index (χ3n) is 5.92. The first kappa shape index (κ1) is 18.7. The average Bonchev–Trinajstić information content (AvgIpc) is 3.47. The largest absolute Gasteiger partial charge is 0.408 e. The molecule has 0 aliphatic carbocycles. The van der Waals surface area contributed by atoms with E-state index in [1.54, 1.807) is 4.90 Å². The van der Waals surface area contributed by atoms with Gasteiger partial charge in [-0.05, 0) is 30.5 Å². The van der Waals surface area contributed by atoms with Crippen LogP contribution in [-0.4, -0.2) is 52.0 Å². The van der Waals surface area contributed by atoms with Crippen LogP contribution in [0, 0.1) is 0 Å². The Labute approximate surface area is 172 Å². The summed E-state index contributed by atoms with van der Waals surface area (Å²) in [6.07, 6.45) is 1.55. The van der Waals surface area contributed by atoms with Crippen molar-refractivity contribution in [1.82, 2.24) is 25.7 Å². The summed E-state index contributed by atoms with van der Waals surface area (Å²) in [7, 11) is 0. The van der Waals surface area contributed by atoms with Crippen molar-refractivity contribution in [1.29, 1.82) is 0 Å². The van der Waals surface area contributed by atoms with Gasteiger partial charge in [-0.1, -0.05) is 23.3 Å². The number of hydrogen-bond donors (Lipinski definition) is 3. The fourth-order valence-electron chi connectivity index (χ4n) is 4.34. The Morgan fingerprint density at radius 2 is 2.10 bits per heavy atom. The van der Waals surface area contributed by atoms with Crippen LogP contribution in [0.4, 0.5) is 6.01 Å². The van der Waals surface area contributed by atoms with Crippen molar-refractivity contribution in [3.63, 3.8) is 0 Å². The second-order valence-corrected chi connectivity index (χ2v) is 7.84. The number of nitrogens with one attached hydrogen (secondary N) is 3. The van der Waals surface area contributed by atoms with E-state index in [0.29, 0.717) is 37.0 Å². The number of rotatable bonds is 5. The molecule has 2 saturated heterocycles. The summed E-state index contributed by atoms with van der Waals surface area (Å²) < 4.78 is 5.72. The van der Waals surface area contributed by atoms with Crippen molar-refractivity contribution in [3.05, 3.63) is 40.8 Å². The van der Waals surface area contributed by atoms with Crippen LogP contribution >= 0.6 is 0 Å². The third kappa shape index (κ3) is 3.32. The molecule has 10 heteroatoms. The number of piperidine rings is 1. The predicted octanol–water partition coefficient (Wildman–Crippen LogP) is 0.520. The highest BCUT2D eigenvalue weighted by Crippen LogP contribution is 2.30. The summed E-state index contributed by atoms with van der Waals surface area (Å²) >= 11 is 0. The fraction of sp³-hybridized carbons (Fsp3) is 0.450. The van der Waals surface area contributed by atoms with E-state index in [1.807, 2.05) is 18.2 Å². The maximum Gasteiger partial charge on any atom is 0.315 e. The van der Waals surface area contributed by atoms with Gasteiger partial charge in [0.05, 0.1) is 5.92 Å². The van der Waals surface area contributed by atoms with Gasteiger partial charge in [0.2, 0.25) is 17.7 Å². The molecule has 2 fully saturated rings. The van der Waals surface area contributed by atoms with Crippen LogP contribution in [0.25, 0.3) is 0 Å². The molecule has 3 N–H and O–H groups in total. The second kappa shape index (κ2) is 7.52. The van der Waals surface area contributed by atoms with Crippen molar-refractivity contribution in [3.8, 4) is 0 Å². The van der Waals surface area contributed by atoms with E-state index in [9.17, 15) is 14.4 Å². The van der Waals surface area contributed by atoms with Gasteiger partial charge in [0.1, 0.15) is 6.04 Å². The highest BCUT2D eigenvalue weighted by molar-refractivity contribution is 6.06. The first-order chi connectivity index (χ1) is 14.6. The molecule has 4 heterocycles. The van der Waals surface area contributed by atoms with Gasteiger partial charge in [-0.3, -0.25) is 19.7 Å². The Hall–Kier alpha value is -3.27. The molecule has 156 valence electrons. The number of nitrogens with zero attached hydrogens (tertiary/aromatic N) is 3. The lowest BCUT2D eigenvalue weighted by Crippen LogP contribution is -2.52. The molecule has 3 aliphatic rings. The van der Waals surface area contributed by atoms with Gasteiger partial charge in [-0.2, -0.15) is 0 Å². The highest BCUT2D eigenvalue weighted by atomic mass is 16.4. The molecular weight excluding hydrogens is 388 g/mol. The standard InChI is InChI=1S/C20H22N6O4/c27-15-5-4-14(17(28)23-15)26-10-13-3-1-2-11(16(13)19(26)29)9-22-20-25-24-18(30-20)12-6-7-21-8-12/h1-3,12,14,21H,4-10H2,(H,22,25)(H,23,27,28). The third-order valence-corrected chi connectivity index (χ3v) is 5.92. The SMILES string of the molecule is O=C1CCC(N2Cc3cccc(CNc4nnc(C5CCNC5)o4)c3C2=O)C(=O)N1. The molecule has 2 aromatic rings. The molecule has 1 aromatic carbocycles. The second-order valence-electron chi connectivity index (χ2n) is 7.84. The lowest BCUT2D eigenvalue weighted by atomic mass is 10.0. The van der Waals surface area contributed by atoms with Crippen LogP contribution in [-0.2, 0) is 22.7 Å². The number of aromatic nitrogens is 2. The Balaban J connectivity index is 1.30. The summed E-state index contributed by atoms with van der Waals surface area (Å²) in [5.41, 5.74) is 2.26. The number of carbonyl (C=O) groups is 3. The number of anilines is 1. The van der Waals surface area contributed by atoms with E-state index in [2.05, 4.69) is 26.1 Å². The first-order valence-electron chi connectivity index (χ1n) is 10.1. The summed E-state index contributed by atoms with van der Waals surface area (Å²) in [6.45, 7) is 2.48. The number of fused-ring (bicyclic) bond motifs is 1. The molecule has 0 saturated carbocycles. The maximum atomic E-state index is 13.1. The van der Waals surface area contributed by atoms with Gasteiger partial charge in [0.25, 0.3) is 5.91 Å². The molecule has 5 rings (SSSR count). The van der Waals surface area contributed by atoms with Crippen LogP contribution in [0.5, 0.6) is 0 Å². The zero-order valence-corrected chi connectivity index (χ0v) is 16.3. The van der Waals surface area contributed by atoms with Gasteiger partial charge in [-0.15, -0.1) is 5.10 Å². The van der Waals surface area contributed by atoms with Gasteiger partial charge >= 0.3 is 6.01 Å². The van der Waals surface area contributed by atoms with Crippen LogP contribution in [0.1, 0.15) is 52.6 Å². The van der Waals surface area contributed by atoms with E-state index in [1.165, 1.54) is 0 Å². The van der Waals surface area contributed by atoms with Crippen molar-refractivity contribution >= 4 is 23.7 Å². The zero-order valence-electron chi connectivity index (χ0n) is 16.3. The van der Waals surface area contributed by atoms with Crippen molar-refractivity contribution in [2.75, 3.05) is 18.4 Å². The van der Waals surface area contributed by atoms with E-state index in [0.717, 1.165) is 30.6 Å². The molecule has 0 radical (unpaired) electrons. The van der Waals surface area contributed by atoms with Gasteiger partial charge < -0.3 is 20.0 Å². The maximum absolute atomic E-state index is 13.1. The van der Waals surface area contributed by atoms with Crippen molar-refractivity contribution in [2.24, 2.45) is 0 Å². The van der Waals surface area contributed by atoms with Gasteiger partial charge in [0.15, 0.2) is 0 Å². The van der Waals surface area contributed by atoms with Crippen LogP contribution in [0.2, 0.25) is 0 Å². The Kier molecular flexibility index (Phi) is 4.70. The number of imide groups is 1. The van der Waals surface area contributed by atoms with Crippen molar-refractivity contribution in [2.45, 2.75) is 44.3 Å². The molecule has 10 nitrogen and oxygen atoms in total. The normalized spacial score (nSPS) is 23.6. The molecule has 30 heavy (non-hydrogen) atoms. The Morgan fingerprint density at radius 1 is 1.20 bits per heavy atom. The Bertz CT molecular complexity index is 1010. The minimum Gasteiger partial charge on any atom is -0.408 e. The van der Waals surface area contributed by atoms with E-state index < -0.39 is 11.9 Å². The van der Waals surface area contributed by atoms with Crippen LogP contribution < -0.4 is 16.0 Å². The van der Waals surface area contributed by atoms with Gasteiger partial charge in [0, 0.05) is 31.6 Å².